The van der Waals surface area contributed by atoms with E-state index in [0.29, 0.717) is 0 Å². The Kier molecular flexibility index (Phi) is 2.88. The van der Waals surface area contributed by atoms with Crippen LogP contribution in [0.15, 0.2) is 11.5 Å². The maximum Gasteiger partial charge on any atom is 0.185 e. The van der Waals surface area contributed by atoms with Gasteiger partial charge >= 0.3 is 0 Å². The second-order valence-corrected chi connectivity index (χ2v) is 4.61. The van der Waals surface area contributed by atoms with Crippen LogP contribution in [0.3, 0.4) is 0 Å². The van der Waals surface area contributed by atoms with Crippen LogP contribution in [0.1, 0.15) is 25.7 Å². The third-order valence-corrected chi connectivity index (χ3v) is 3.86. The molecule has 0 amide bonds. The third-order valence-electron chi connectivity index (χ3n) is 2.59. The number of rotatable bonds is 3. The van der Waals surface area contributed by atoms with Crippen molar-refractivity contribution < 1.29 is 0 Å². The van der Waals surface area contributed by atoms with Crippen molar-refractivity contribution in [3.8, 4) is 0 Å². The van der Waals surface area contributed by atoms with Crippen LogP contribution in [0.5, 0.6) is 0 Å². The molecule has 0 N–H and O–H groups in total. The largest absolute Gasteiger partial charge is 0.244 e. The summed E-state index contributed by atoms with van der Waals surface area (Å²) in [7, 11) is 1.95. The van der Waals surface area contributed by atoms with Gasteiger partial charge in [0, 0.05) is 12.8 Å². The van der Waals surface area contributed by atoms with E-state index in [0.717, 1.165) is 11.1 Å². The fourth-order valence-electron chi connectivity index (χ4n) is 1.79. The molecule has 0 radical (unpaired) electrons. The molecule has 0 spiro atoms. The summed E-state index contributed by atoms with van der Waals surface area (Å²) in [5.41, 5.74) is 0. The quantitative estimate of drug-likeness (QED) is 0.695. The summed E-state index contributed by atoms with van der Waals surface area (Å²) in [4.78, 5) is 4.19. The van der Waals surface area contributed by atoms with Crippen molar-refractivity contribution in [2.45, 2.75) is 30.8 Å². The summed E-state index contributed by atoms with van der Waals surface area (Å²) in [5, 5.41) is 5.09. The molecule has 0 bridgehead atoms. The Balaban J connectivity index is 1.82. The van der Waals surface area contributed by atoms with Crippen molar-refractivity contribution in [1.29, 1.82) is 0 Å². The second kappa shape index (κ2) is 4.13. The molecule has 3 nitrogen and oxygen atoms in total. The molecule has 0 unspecified atom stereocenters. The van der Waals surface area contributed by atoms with E-state index in [2.05, 4.69) is 10.1 Å². The zero-order valence-corrected chi connectivity index (χ0v) is 8.76. The van der Waals surface area contributed by atoms with Gasteiger partial charge < -0.3 is 0 Å². The van der Waals surface area contributed by atoms with Gasteiger partial charge in [0.15, 0.2) is 5.16 Å². The van der Waals surface area contributed by atoms with Gasteiger partial charge in [-0.2, -0.15) is 5.10 Å². The molecule has 0 aliphatic heterocycles. The molecule has 0 aromatic carbocycles. The van der Waals surface area contributed by atoms with Gasteiger partial charge in [-0.1, -0.05) is 24.6 Å². The number of nitrogens with zero attached hydrogens (tertiary/aromatic N) is 3. The zero-order chi connectivity index (χ0) is 9.10. The maximum atomic E-state index is 4.19. The number of hydrogen-bond acceptors (Lipinski definition) is 3. The van der Waals surface area contributed by atoms with Crippen molar-refractivity contribution in [3.05, 3.63) is 6.33 Å². The van der Waals surface area contributed by atoms with Gasteiger partial charge in [0.25, 0.3) is 0 Å². The Morgan fingerprint density at radius 1 is 1.54 bits per heavy atom. The van der Waals surface area contributed by atoms with Crippen molar-refractivity contribution in [3.63, 3.8) is 0 Å². The topological polar surface area (TPSA) is 30.7 Å². The van der Waals surface area contributed by atoms with Crippen LogP contribution in [-0.2, 0) is 7.05 Å². The molecule has 1 aliphatic carbocycles. The Morgan fingerprint density at radius 2 is 2.31 bits per heavy atom. The highest BCUT2D eigenvalue weighted by atomic mass is 32.2. The normalized spacial score (nSPS) is 18.2. The average Bonchev–Trinajstić information content (AvgIpc) is 2.72. The van der Waals surface area contributed by atoms with E-state index < -0.39 is 0 Å². The Labute approximate surface area is 82.9 Å². The van der Waals surface area contributed by atoms with E-state index in [4.69, 9.17) is 0 Å². The first kappa shape index (κ1) is 9.06. The van der Waals surface area contributed by atoms with E-state index in [-0.39, 0.29) is 0 Å². The van der Waals surface area contributed by atoms with Crippen LogP contribution >= 0.6 is 11.8 Å². The lowest BCUT2D eigenvalue weighted by atomic mass is 10.1. The van der Waals surface area contributed by atoms with Gasteiger partial charge in [-0.25, -0.2) is 9.67 Å². The second-order valence-electron chi connectivity index (χ2n) is 3.63. The van der Waals surface area contributed by atoms with Crippen LogP contribution in [0.25, 0.3) is 0 Å². The number of aromatic nitrogens is 3. The first-order valence-electron chi connectivity index (χ1n) is 4.83. The summed E-state index contributed by atoms with van der Waals surface area (Å²) in [6, 6.07) is 0. The van der Waals surface area contributed by atoms with Crippen LogP contribution in [0.2, 0.25) is 0 Å². The highest BCUT2D eigenvalue weighted by molar-refractivity contribution is 7.99. The van der Waals surface area contributed by atoms with Crippen LogP contribution in [0.4, 0.5) is 0 Å². The molecule has 0 saturated heterocycles. The fraction of sp³-hybridized carbons (Fsp3) is 0.778. The molecule has 1 heterocycles. The lowest BCUT2D eigenvalue weighted by Crippen LogP contribution is -1.99. The number of thioether (sulfide) groups is 1. The highest BCUT2D eigenvalue weighted by Crippen LogP contribution is 2.29. The van der Waals surface area contributed by atoms with Crippen molar-refractivity contribution in [2.24, 2.45) is 13.0 Å². The Morgan fingerprint density at radius 3 is 2.92 bits per heavy atom. The minimum Gasteiger partial charge on any atom is -0.244 e. The molecular formula is C9H15N3S. The molecule has 4 heteroatoms. The van der Waals surface area contributed by atoms with Gasteiger partial charge in [0.05, 0.1) is 0 Å². The smallest absolute Gasteiger partial charge is 0.185 e. The predicted molar refractivity (Wildman–Crippen MR) is 53.7 cm³/mol. The lowest BCUT2D eigenvalue weighted by Gasteiger charge is -2.06. The summed E-state index contributed by atoms with van der Waals surface area (Å²) < 4.78 is 1.85. The average molecular weight is 197 g/mol. The molecule has 0 atom stereocenters. The minimum absolute atomic E-state index is 0.918. The molecular weight excluding hydrogens is 182 g/mol. The molecule has 2 rings (SSSR count). The first-order chi connectivity index (χ1) is 6.36. The number of aryl methyl sites for hydroxylation is 1. The zero-order valence-electron chi connectivity index (χ0n) is 7.94. The molecule has 1 aliphatic rings. The van der Waals surface area contributed by atoms with Crippen molar-refractivity contribution in [2.75, 3.05) is 5.75 Å². The SMILES string of the molecule is Cn1ncnc1SCC1CCCC1. The van der Waals surface area contributed by atoms with Crippen molar-refractivity contribution >= 4 is 11.8 Å². The molecule has 1 aromatic rings. The lowest BCUT2D eigenvalue weighted by molar-refractivity contribution is 0.618. The Bertz CT molecular complexity index is 266. The van der Waals surface area contributed by atoms with Gasteiger partial charge in [-0.05, 0) is 18.8 Å². The van der Waals surface area contributed by atoms with Gasteiger partial charge in [0.2, 0.25) is 0 Å². The van der Waals surface area contributed by atoms with Crippen LogP contribution in [0, 0.1) is 5.92 Å². The standard InChI is InChI=1S/C9H15N3S/c1-12-9(10-7-11-12)13-6-8-4-2-3-5-8/h7-8H,2-6H2,1H3. The van der Waals surface area contributed by atoms with Crippen molar-refractivity contribution in [1.82, 2.24) is 14.8 Å². The molecule has 1 aromatic heterocycles. The van der Waals surface area contributed by atoms with E-state index in [1.807, 2.05) is 23.5 Å². The third kappa shape index (κ3) is 2.24. The van der Waals surface area contributed by atoms with Gasteiger partial charge in [-0.3, -0.25) is 0 Å². The first-order valence-corrected chi connectivity index (χ1v) is 5.81. The molecule has 72 valence electrons. The van der Waals surface area contributed by atoms with E-state index >= 15 is 0 Å². The summed E-state index contributed by atoms with van der Waals surface area (Å²) >= 11 is 1.84. The monoisotopic (exact) mass is 197 g/mol. The van der Waals surface area contributed by atoms with E-state index in [1.54, 1.807) is 6.33 Å². The molecule has 13 heavy (non-hydrogen) atoms. The fourth-order valence-corrected chi connectivity index (χ4v) is 2.86. The summed E-state index contributed by atoms with van der Waals surface area (Å²) in [6.45, 7) is 0. The minimum atomic E-state index is 0.918. The van der Waals surface area contributed by atoms with Crippen LogP contribution in [-0.4, -0.2) is 20.5 Å². The summed E-state index contributed by atoms with van der Waals surface area (Å²) in [6.07, 6.45) is 7.28. The van der Waals surface area contributed by atoms with E-state index in [1.165, 1.54) is 31.4 Å². The molecule has 1 saturated carbocycles. The highest BCUT2D eigenvalue weighted by Gasteiger charge is 2.15. The van der Waals surface area contributed by atoms with E-state index in [9.17, 15) is 0 Å². The van der Waals surface area contributed by atoms with Crippen LogP contribution < -0.4 is 0 Å². The maximum absolute atomic E-state index is 4.19. The Hall–Kier alpha value is -0.510. The molecule has 1 fully saturated rings. The summed E-state index contributed by atoms with van der Waals surface area (Å²) in [5.74, 6) is 2.13. The number of hydrogen-bond donors (Lipinski definition) is 0. The predicted octanol–water partition coefficient (Wildman–Crippen LogP) is 2.10. The van der Waals surface area contributed by atoms with Gasteiger partial charge in [0.1, 0.15) is 6.33 Å². The van der Waals surface area contributed by atoms with Gasteiger partial charge in [-0.15, -0.1) is 0 Å².